The number of aromatic nitrogens is 1. The molecule has 1 aromatic rings. The summed E-state index contributed by atoms with van der Waals surface area (Å²) in [6.07, 6.45) is 1.14. The second kappa shape index (κ2) is 8.29. The van der Waals surface area contributed by atoms with E-state index in [2.05, 4.69) is 9.72 Å². The summed E-state index contributed by atoms with van der Waals surface area (Å²) in [5, 5.41) is 0.948. The van der Waals surface area contributed by atoms with Crippen molar-refractivity contribution in [2.75, 3.05) is 19.0 Å². The standard InChI is InChI=1S/C10H13NO3S2/c1-2-13-10(12)14-7-8-15-16-9-5-3-4-6-11-9/h3-6H,2,7-8H2,1H3. The SMILES string of the molecule is CCOC(=O)OCCSSc1ccccn1. The zero-order valence-electron chi connectivity index (χ0n) is 8.92. The maximum absolute atomic E-state index is 10.8. The molecule has 0 aliphatic carbocycles. The normalized spacial score (nSPS) is 9.81. The molecule has 0 saturated heterocycles. The third-order valence-corrected chi connectivity index (χ3v) is 3.66. The Hall–Kier alpha value is -0.880. The molecule has 1 rings (SSSR count). The van der Waals surface area contributed by atoms with Crippen LogP contribution in [0.3, 0.4) is 0 Å². The molecule has 88 valence electrons. The van der Waals surface area contributed by atoms with Crippen molar-refractivity contribution in [3.05, 3.63) is 24.4 Å². The van der Waals surface area contributed by atoms with E-state index in [0.717, 1.165) is 5.03 Å². The highest BCUT2D eigenvalue weighted by molar-refractivity contribution is 8.76. The fourth-order valence-corrected chi connectivity index (χ4v) is 2.52. The number of ether oxygens (including phenoxy) is 2. The molecule has 0 aliphatic heterocycles. The molecule has 0 radical (unpaired) electrons. The van der Waals surface area contributed by atoms with Crippen LogP contribution in [-0.4, -0.2) is 30.1 Å². The average Bonchev–Trinajstić information content (AvgIpc) is 2.30. The number of carbonyl (C=O) groups is 1. The van der Waals surface area contributed by atoms with Crippen LogP contribution in [0.25, 0.3) is 0 Å². The molecule has 16 heavy (non-hydrogen) atoms. The number of nitrogens with zero attached hydrogens (tertiary/aromatic N) is 1. The first kappa shape index (κ1) is 13.2. The van der Waals surface area contributed by atoms with Gasteiger partial charge in [-0.2, -0.15) is 0 Å². The summed E-state index contributed by atoms with van der Waals surface area (Å²) < 4.78 is 9.42. The third kappa shape index (κ3) is 5.87. The molecular formula is C10H13NO3S2. The van der Waals surface area contributed by atoms with Crippen LogP contribution < -0.4 is 0 Å². The van der Waals surface area contributed by atoms with Gasteiger partial charge in [0.15, 0.2) is 0 Å². The lowest BCUT2D eigenvalue weighted by molar-refractivity contribution is 0.0638. The zero-order valence-corrected chi connectivity index (χ0v) is 10.6. The fourth-order valence-electron chi connectivity index (χ4n) is 0.817. The van der Waals surface area contributed by atoms with E-state index in [1.54, 1.807) is 34.7 Å². The van der Waals surface area contributed by atoms with Crippen LogP contribution >= 0.6 is 21.6 Å². The van der Waals surface area contributed by atoms with Crippen LogP contribution in [0.4, 0.5) is 4.79 Å². The van der Waals surface area contributed by atoms with Gasteiger partial charge in [-0.3, -0.25) is 0 Å². The van der Waals surface area contributed by atoms with Crippen molar-refractivity contribution in [1.29, 1.82) is 0 Å². The molecule has 0 bridgehead atoms. The van der Waals surface area contributed by atoms with Crippen LogP contribution in [0.5, 0.6) is 0 Å². The molecular weight excluding hydrogens is 246 g/mol. The van der Waals surface area contributed by atoms with Crippen molar-refractivity contribution in [1.82, 2.24) is 4.98 Å². The largest absolute Gasteiger partial charge is 0.508 e. The van der Waals surface area contributed by atoms with E-state index >= 15 is 0 Å². The first-order chi connectivity index (χ1) is 7.83. The topological polar surface area (TPSA) is 48.4 Å². The average molecular weight is 259 g/mol. The number of pyridine rings is 1. The van der Waals surface area contributed by atoms with Crippen molar-refractivity contribution in [2.24, 2.45) is 0 Å². The van der Waals surface area contributed by atoms with Gasteiger partial charge in [-0.15, -0.1) is 0 Å². The van der Waals surface area contributed by atoms with Gasteiger partial charge < -0.3 is 9.47 Å². The van der Waals surface area contributed by atoms with Crippen molar-refractivity contribution >= 4 is 27.7 Å². The van der Waals surface area contributed by atoms with E-state index < -0.39 is 6.16 Å². The molecule has 0 unspecified atom stereocenters. The molecule has 4 nitrogen and oxygen atoms in total. The molecule has 0 aromatic carbocycles. The Morgan fingerprint density at radius 1 is 1.44 bits per heavy atom. The van der Waals surface area contributed by atoms with E-state index in [1.807, 2.05) is 18.2 Å². The van der Waals surface area contributed by atoms with E-state index in [0.29, 0.717) is 19.0 Å². The van der Waals surface area contributed by atoms with Crippen LogP contribution in [0.2, 0.25) is 0 Å². The Morgan fingerprint density at radius 3 is 3.00 bits per heavy atom. The number of carbonyl (C=O) groups excluding carboxylic acids is 1. The van der Waals surface area contributed by atoms with Gasteiger partial charge in [0.25, 0.3) is 0 Å². The minimum atomic E-state index is -0.606. The molecule has 0 N–H and O–H groups in total. The quantitative estimate of drug-likeness (QED) is 0.444. The predicted octanol–water partition coefficient (Wildman–Crippen LogP) is 3.00. The highest BCUT2D eigenvalue weighted by Gasteiger charge is 2.01. The van der Waals surface area contributed by atoms with Gasteiger partial charge in [-0.05, 0) is 29.9 Å². The monoisotopic (exact) mass is 259 g/mol. The van der Waals surface area contributed by atoms with E-state index in [-0.39, 0.29) is 0 Å². The van der Waals surface area contributed by atoms with Crippen LogP contribution in [0.15, 0.2) is 29.4 Å². The summed E-state index contributed by atoms with van der Waals surface area (Å²) in [6, 6.07) is 5.74. The van der Waals surface area contributed by atoms with Crippen LogP contribution in [0, 0.1) is 0 Å². The maximum Gasteiger partial charge on any atom is 0.508 e. The Kier molecular flexibility index (Phi) is 6.83. The van der Waals surface area contributed by atoms with Gasteiger partial charge in [0.05, 0.1) is 6.61 Å². The van der Waals surface area contributed by atoms with Gasteiger partial charge in [0.1, 0.15) is 11.6 Å². The van der Waals surface area contributed by atoms with Gasteiger partial charge >= 0.3 is 6.16 Å². The van der Waals surface area contributed by atoms with Crippen LogP contribution in [-0.2, 0) is 9.47 Å². The minimum absolute atomic E-state index is 0.342. The van der Waals surface area contributed by atoms with Crippen LogP contribution in [0.1, 0.15) is 6.92 Å². The van der Waals surface area contributed by atoms with Crippen molar-refractivity contribution < 1.29 is 14.3 Å². The summed E-state index contributed by atoms with van der Waals surface area (Å²) in [4.78, 5) is 15.0. The summed E-state index contributed by atoms with van der Waals surface area (Å²) in [7, 11) is 3.15. The molecule has 0 aliphatic rings. The predicted molar refractivity (Wildman–Crippen MR) is 65.5 cm³/mol. The second-order valence-electron chi connectivity index (χ2n) is 2.60. The lowest BCUT2D eigenvalue weighted by Crippen LogP contribution is -2.08. The third-order valence-electron chi connectivity index (χ3n) is 1.43. The molecule has 1 aromatic heterocycles. The van der Waals surface area contributed by atoms with Crippen molar-refractivity contribution in [2.45, 2.75) is 11.9 Å². The van der Waals surface area contributed by atoms with E-state index in [1.165, 1.54) is 0 Å². The number of rotatable bonds is 6. The summed E-state index contributed by atoms with van der Waals surface area (Å²) >= 11 is 0. The second-order valence-corrected chi connectivity index (χ2v) is 5.04. The van der Waals surface area contributed by atoms with Gasteiger partial charge in [0.2, 0.25) is 0 Å². The van der Waals surface area contributed by atoms with Gasteiger partial charge in [-0.1, -0.05) is 16.9 Å². The molecule has 0 atom stereocenters. The highest BCUT2D eigenvalue weighted by Crippen LogP contribution is 2.28. The Balaban J connectivity index is 2.02. The molecule has 0 amide bonds. The van der Waals surface area contributed by atoms with Gasteiger partial charge in [0, 0.05) is 11.9 Å². The molecule has 0 fully saturated rings. The number of hydrogen-bond donors (Lipinski definition) is 0. The highest BCUT2D eigenvalue weighted by atomic mass is 33.1. The molecule has 0 spiro atoms. The maximum atomic E-state index is 10.8. The smallest absolute Gasteiger partial charge is 0.435 e. The van der Waals surface area contributed by atoms with Crippen molar-refractivity contribution in [3.8, 4) is 0 Å². The minimum Gasteiger partial charge on any atom is -0.435 e. The number of hydrogen-bond acceptors (Lipinski definition) is 6. The summed E-state index contributed by atoms with van der Waals surface area (Å²) in [6.45, 7) is 2.44. The lowest BCUT2D eigenvalue weighted by atomic mass is 10.5. The van der Waals surface area contributed by atoms with E-state index in [4.69, 9.17) is 4.74 Å². The van der Waals surface area contributed by atoms with E-state index in [9.17, 15) is 4.79 Å². The molecule has 0 saturated carbocycles. The zero-order chi connectivity index (χ0) is 11.6. The van der Waals surface area contributed by atoms with Crippen molar-refractivity contribution in [3.63, 3.8) is 0 Å². The summed E-state index contributed by atoms with van der Waals surface area (Å²) in [5.74, 6) is 0.708. The Morgan fingerprint density at radius 2 is 2.31 bits per heavy atom. The molecule has 6 heteroatoms. The first-order valence-electron chi connectivity index (χ1n) is 4.83. The Labute approximate surface area is 103 Å². The lowest BCUT2D eigenvalue weighted by Gasteiger charge is -2.03. The summed E-state index contributed by atoms with van der Waals surface area (Å²) in [5.41, 5.74) is 0. The van der Waals surface area contributed by atoms with Gasteiger partial charge in [-0.25, -0.2) is 9.78 Å². The molecule has 1 heterocycles. The Bertz CT molecular complexity index is 308. The first-order valence-corrected chi connectivity index (χ1v) is 7.15. The fraction of sp³-hybridized carbons (Fsp3) is 0.400.